The van der Waals surface area contributed by atoms with Gasteiger partial charge in [-0.05, 0) is 43.7 Å². The number of carboxylic acid groups (broad SMARTS) is 1. The third kappa shape index (κ3) is 3.45. The molecule has 1 aliphatic rings. The van der Waals surface area contributed by atoms with E-state index in [0.29, 0.717) is 24.3 Å². The number of nitrogens with zero attached hydrogens (tertiary/aromatic N) is 1. The van der Waals surface area contributed by atoms with Crippen molar-refractivity contribution in [3.63, 3.8) is 0 Å². The zero-order valence-electron chi connectivity index (χ0n) is 10.5. The molecule has 2 rings (SSSR count). The first-order valence-electron chi connectivity index (χ1n) is 6.18. The molecule has 1 fully saturated rings. The molecule has 1 aliphatic heterocycles. The summed E-state index contributed by atoms with van der Waals surface area (Å²) in [6.45, 7) is 0.744. The van der Waals surface area contributed by atoms with E-state index in [1.165, 1.54) is 0 Å². The molecule has 102 valence electrons. The number of anilines is 2. The van der Waals surface area contributed by atoms with Gasteiger partial charge in [-0.1, -0.05) is 0 Å². The molecule has 6 heteroatoms. The van der Waals surface area contributed by atoms with Crippen LogP contribution in [-0.4, -0.2) is 41.0 Å². The van der Waals surface area contributed by atoms with E-state index in [1.807, 2.05) is 0 Å². The van der Waals surface area contributed by atoms with Crippen LogP contribution in [0.2, 0.25) is 0 Å². The highest BCUT2D eigenvalue weighted by Crippen LogP contribution is 2.17. The Bertz CT molecular complexity index is 473. The summed E-state index contributed by atoms with van der Waals surface area (Å²) in [6, 6.07) is 6.28. The molecule has 4 N–H and O–H groups in total. The van der Waals surface area contributed by atoms with Crippen LogP contribution in [0.15, 0.2) is 24.3 Å². The van der Waals surface area contributed by atoms with Gasteiger partial charge in [0.15, 0.2) is 0 Å². The molecular weight excluding hydrogens is 246 g/mol. The van der Waals surface area contributed by atoms with Crippen molar-refractivity contribution in [1.29, 1.82) is 0 Å². The molecule has 1 aromatic carbocycles. The fourth-order valence-electron chi connectivity index (χ4n) is 2.25. The molecule has 0 aromatic heterocycles. The summed E-state index contributed by atoms with van der Waals surface area (Å²) < 4.78 is 0. The number of benzene rings is 1. The number of amides is 1. The highest BCUT2D eigenvalue weighted by Gasteiger charge is 2.31. The average molecular weight is 263 g/mol. The van der Waals surface area contributed by atoms with Gasteiger partial charge in [-0.2, -0.15) is 0 Å². The summed E-state index contributed by atoms with van der Waals surface area (Å²) >= 11 is 0. The van der Waals surface area contributed by atoms with Crippen LogP contribution in [0.3, 0.4) is 0 Å². The highest BCUT2D eigenvalue weighted by molar-refractivity contribution is 5.92. The fourth-order valence-corrected chi connectivity index (χ4v) is 2.25. The van der Waals surface area contributed by atoms with Crippen LogP contribution in [0.5, 0.6) is 0 Å². The Kier molecular flexibility index (Phi) is 4.01. The van der Waals surface area contributed by atoms with Crippen LogP contribution < -0.4 is 11.1 Å². The van der Waals surface area contributed by atoms with Crippen LogP contribution in [0.1, 0.15) is 12.8 Å². The smallest absolute Gasteiger partial charge is 0.320 e. The molecule has 0 radical (unpaired) electrons. The number of likely N-dealkylation sites (tertiary alicyclic amines) is 1. The minimum Gasteiger partial charge on any atom is -0.480 e. The Morgan fingerprint density at radius 3 is 2.68 bits per heavy atom. The maximum absolute atomic E-state index is 11.8. The normalized spacial score (nSPS) is 19.3. The van der Waals surface area contributed by atoms with Crippen molar-refractivity contribution < 1.29 is 14.7 Å². The van der Waals surface area contributed by atoms with E-state index < -0.39 is 12.0 Å². The van der Waals surface area contributed by atoms with Gasteiger partial charge >= 0.3 is 5.97 Å². The summed E-state index contributed by atoms with van der Waals surface area (Å²) in [4.78, 5) is 24.5. The second-order valence-corrected chi connectivity index (χ2v) is 4.64. The van der Waals surface area contributed by atoms with Crippen LogP contribution >= 0.6 is 0 Å². The lowest BCUT2D eigenvalue weighted by atomic mass is 10.2. The first-order chi connectivity index (χ1) is 9.06. The second kappa shape index (κ2) is 5.71. The topological polar surface area (TPSA) is 95.7 Å². The molecule has 0 bridgehead atoms. The molecule has 0 spiro atoms. The van der Waals surface area contributed by atoms with Crippen molar-refractivity contribution in [1.82, 2.24) is 4.90 Å². The molecule has 6 nitrogen and oxygen atoms in total. The molecule has 0 saturated carbocycles. The molecule has 1 saturated heterocycles. The number of carbonyl (C=O) groups is 2. The van der Waals surface area contributed by atoms with Crippen molar-refractivity contribution in [2.75, 3.05) is 24.1 Å². The van der Waals surface area contributed by atoms with E-state index in [4.69, 9.17) is 10.8 Å². The van der Waals surface area contributed by atoms with Crippen molar-refractivity contribution in [3.05, 3.63) is 24.3 Å². The SMILES string of the molecule is Nc1ccc(NC(=O)CN2CCCC2C(=O)O)cc1. The van der Waals surface area contributed by atoms with Crippen LogP contribution in [-0.2, 0) is 9.59 Å². The van der Waals surface area contributed by atoms with E-state index in [0.717, 1.165) is 6.42 Å². The van der Waals surface area contributed by atoms with Gasteiger partial charge in [0.05, 0.1) is 6.54 Å². The summed E-state index contributed by atoms with van der Waals surface area (Å²) in [5.41, 5.74) is 6.84. The van der Waals surface area contributed by atoms with Gasteiger partial charge in [0.2, 0.25) is 5.91 Å². The Morgan fingerprint density at radius 2 is 2.05 bits per heavy atom. The number of rotatable bonds is 4. The maximum atomic E-state index is 11.8. The lowest BCUT2D eigenvalue weighted by molar-refractivity contribution is -0.142. The number of hydrogen-bond acceptors (Lipinski definition) is 4. The number of nitrogen functional groups attached to an aromatic ring is 1. The Balaban J connectivity index is 1.90. The quantitative estimate of drug-likeness (QED) is 0.697. The predicted molar refractivity (Wildman–Crippen MR) is 71.7 cm³/mol. The maximum Gasteiger partial charge on any atom is 0.320 e. The summed E-state index contributed by atoms with van der Waals surface area (Å²) in [5.74, 6) is -1.07. The predicted octanol–water partition coefficient (Wildman–Crippen LogP) is 0.756. The van der Waals surface area contributed by atoms with Gasteiger partial charge in [-0.15, -0.1) is 0 Å². The van der Waals surface area contributed by atoms with E-state index in [9.17, 15) is 9.59 Å². The van der Waals surface area contributed by atoms with Gasteiger partial charge < -0.3 is 16.2 Å². The third-order valence-electron chi connectivity index (χ3n) is 3.19. The standard InChI is InChI=1S/C13H17N3O3/c14-9-3-5-10(6-4-9)15-12(17)8-16-7-1-2-11(16)13(18)19/h3-6,11H,1-2,7-8,14H2,(H,15,17)(H,18,19). The van der Waals surface area contributed by atoms with Crippen molar-refractivity contribution in [2.45, 2.75) is 18.9 Å². The van der Waals surface area contributed by atoms with Crippen molar-refractivity contribution >= 4 is 23.3 Å². The minimum atomic E-state index is -0.863. The van der Waals surface area contributed by atoms with Gasteiger partial charge in [0.1, 0.15) is 6.04 Å². The number of carbonyl (C=O) groups excluding carboxylic acids is 1. The number of carboxylic acids is 1. The zero-order valence-corrected chi connectivity index (χ0v) is 10.5. The molecule has 1 aromatic rings. The van der Waals surface area contributed by atoms with E-state index in [1.54, 1.807) is 29.2 Å². The third-order valence-corrected chi connectivity index (χ3v) is 3.19. The van der Waals surface area contributed by atoms with E-state index >= 15 is 0 Å². The summed E-state index contributed by atoms with van der Waals surface area (Å²) in [6.07, 6.45) is 1.41. The highest BCUT2D eigenvalue weighted by atomic mass is 16.4. The zero-order chi connectivity index (χ0) is 13.8. The summed E-state index contributed by atoms with van der Waals surface area (Å²) in [7, 11) is 0. The van der Waals surface area contributed by atoms with E-state index in [2.05, 4.69) is 5.32 Å². The monoisotopic (exact) mass is 263 g/mol. The molecule has 0 aliphatic carbocycles. The first kappa shape index (κ1) is 13.4. The lowest BCUT2D eigenvalue weighted by Crippen LogP contribution is -2.40. The van der Waals surface area contributed by atoms with Gasteiger partial charge in [-0.3, -0.25) is 14.5 Å². The average Bonchev–Trinajstić information content (AvgIpc) is 2.80. The summed E-state index contributed by atoms with van der Waals surface area (Å²) in [5, 5.41) is 11.8. The van der Waals surface area contributed by atoms with Crippen LogP contribution in [0, 0.1) is 0 Å². The number of hydrogen-bond donors (Lipinski definition) is 3. The molecule has 1 atom stereocenters. The van der Waals surface area contributed by atoms with E-state index in [-0.39, 0.29) is 12.5 Å². The number of aliphatic carboxylic acids is 1. The van der Waals surface area contributed by atoms with Crippen molar-refractivity contribution in [2.24, 2.45) is 0 Å². The van der Waals surface area contributed by atoms with Crippen LogP contribution in [0.4, 0.5) is 11.4 Å². The second-order valence-electron chi connectivity index (χ2n) is 4.64. The molecule has 19 heavy (non-hydrogen) atoms. The largest absolute Gasteiger partial charge is 0.480 e. The van der Waals surface area contributed by atoms with Gasteiger partial charge in [0.25, 0.3) is 0 Å². The van der Waals surface area contributed by atoms with Gasteiger partial charge in [-0.25, -0.2) is 0 Å². The molecule has 1 heterocycles. The van der Waals surface area contributed by atoms with Gasteiger partial charge in [0, 0.05) is 11.4 Å². The fraction of sp³-hybridized carbons (Fsp3) is 0.385. The Morgan fingerprint density at radius 1 is 1.37 bits per heavy atom. The molecule has 1 unspecified atom stereocenters. The minimum absolute atomic E-state index is 0.0986. The molecule has 1 amide bonds. The first-order valence-corrected chi connectivity index (χ1v) is 6.18. The Labute approximate surface area is 111 Å². The van der Waals surface area contributed by atoms with Crippen LogP contribution in [0.25, 0.3) is 0 Å². The Hall–Kier alpha value is -2.08. The number of nitrogens with two attached hydrogens (primary N) is 1. The van der Waals surface area contributed by atoms with Crippen molar-refractivity contribution in [3.8, 4) is 0 Å². The number of nitrogens with one attached hydrogen (secondary N) is 1. The molecular formula is C13H17N3O3. The lowest BCUT2D eigenvalue weighted by Gasteiger charge is -2.20.